The minimum atomic E-state index is 0.223. The molecule has 3 N–H and O–H groups in total. The van der Waals surface area contributed by atoms with E-state index in [1.54, 1.807) is 0 Å². The number of aliphatic imine (C=N–C) groups is 1. The van der Waals surface area contributed by atoms with Crippen molar-refractivity contribution in [2.24, 2.45) is 10.9 Å². The molecule has 0 bridgehead atoms. The van der Waals surface area contributed by atoms with Crippen molar-refractivity contribution in [1.82, 2.24) is 20.2 Å². The highest BCUT2D eigenvalue weighted by atomic mass is 16.3. The fourth-order valence-corrected chi connectivity index (χ4v) is 3.11. The van der Waals surface area contributed by atoms with Gasteiger partial charge in [0.25, 0.3) is 0 Å². The Kier molecular flexibility index (Phi) is 8.84. The molecule has 1 unspecified atom stereocenters. The van der Waals surface area contributed by atoms with Crippen molar-refractivity contribution < 1.29 is 5.11 Å². The van der Waals surface area contributed by atoms with Crippen LogP contribution in [0.15, 0.2) is 41.5 Å². The molecule has 1 heterocycles. The van der Waals surface area contributed by atoms with Crippen molar-refractivity contribution in [2.75, 3.05) is 26.7 Å². The van der Waals surface area contributed by atoms with Gasteiger partial charge < -0.3 is 20.3 Å². The van der Waals surface area contributed by atoms with Crippen LogP contribution < -0.4 is 5.32 Å². The highest BCUT2D eigenvalue weighted by Gasteiger charge is 2.12. The molecular formula is C21H33N5O. The number of guanidine groups is 1. The van der Waals surface area contributed by atoms with Crippen molar-refractivity contribution in [3.8, 4) is 11.3 Å². The quantitative estimate of drug-likeness (QED) is 0.442. The third-order valence-corrected chi connectivity index (χ3v) is 4.53. The van der Waals surface area contributed by atoms with Crippen molar-refractivity contribution in [3.05, 3.63) is 42.4 Å². The first-order chi connectivity index (χ1) is 13.2. The second-order valence-corrected chi connectivity index (χ2v) is 6.83. The second-order valence-electron chi connectivity index (χ2n) is 6.83. The molecular weight excluding hydrogens is 338 g/mol. The molecule has 0 fully saturated rings. The van der Waals surface area contributed by atoms with E-state index in [-0.39, 0.29) is 6.61 Å². The first kappa shape index (κ1) is 21.0. The van der Waals surface area contributed by atoms with Crippen molar-refractivity contribution >= 4 is 5.96 Å². The van der Waals surface area contributed by atoms with Gasteiger partial charge in [-0.25, -0.2) is 4.98 Å². The monoisotopic (exact) mass is 371 g/mol. The Labute approximate surface area is 162 Å². The van der Waals surface area contributed by atoms with Gasteiger partial charge in [-0.05, 0) is 31.2 Å². The zero-order chi connectivity index (χ0) is 19.5. The fourth-order valence-electron chi connectivity index (χ4n) is 3.11. The molecule has 1 aromatic heterocycles. The highest BCUT2D eigenvalue weighted by Crippen LogP contribution is 2.16. The zero-order valence-electron chi connectivity index (χ0n) is 16.8. The number of nitrogens with one attached hydrogen (secondary N) is 2. The summed E-state index contributed by atoms with van der Waals surface area (Å²) >= 11 is 0. The van der Waals surface area contributed by atoms with Crippen LogP contribution in [0.3, 0.4) is 0 Å². The van der Waals surface area contributed by atoms with Gasteiger partial charge in [0.2, 0.25) is 0 Å². The second kappa shape index (κ2) is 11.4. The zero-order valence-corrected chi connectivity index (χ0v) is 16.8. The topological polar surface area (TPSA) is 76.5 Å². The Hall–Kier alpha value is -2.34. The summed E-state index contributed by atoms with van der Waals surface area (Å²) < 4.78 is 0. The Morgan fingerprint density at radius 1 is 1.26 bits per heavy atom. The Morgan fingerprint density at radius 3 is 2.70 bits per heavy atom. The Bertz CT molecular complexity index is 677. The number of aliphatic hydroxyl groups is 1. The van der Waals surface area contributed by atoms with Gasteiger partial charge >= 0.3 is 0 Å². The van der Waals surface area contributed by atoms with Crippen molar-refractivity contribution in [2.45, 2.75) is 39.7 Å². The molecule has 148 valence electrons. The Balaban J connectivity index is 2.02. The first-order valence-corrected chi connectivity index (χ1v) is 9.87. The number of aromatic nitrogens is 2. The highest BCUT2D eigenvalue weighted by molar-refractivity contribution is 5.79. The summed E-state index contributed by atoms with van der Waals surface area (Å²) in [4.78, 5) is 14.8. The van der Waals surface area contributed by atoms with Gasteiger partial charge in [0.1, 0.15) is 5.82 Å². The molecule has 6 nitrogen and oxygen atoms in total. The lowest BCUT2D eigenvalue weighted by Gasteiger charge is -2.22. The lowest BCUT2D eigenvalue weighted by Crippen LogP contribution is -2.39. The van der Waals surface area contributed by atoms with Crippen LogP contribution in [0.5, 0.6) is 0 Å². The minimum absolute atomic E-state index is 0.223. The number of imidazole rings is 1. The smallest absolute Gasteiger partial charge is 0.194 e. The predicted octanol–water partition coefficient (Wildman–Crippen LogP) is 3.27. The van der Waals surface area contributed by atoms with E-state index in [0.717, 1.165) is 55.4 Å². The summed E-state index contributed by atoms with van der Waals surface area (Å²) in [5.41, 5.74) is 2.15. The molecule has 0 aliphatic rings. The summed E-state index contributed by atoms with van der Waals surface area (Å²) in [5, 5.41) is 12.6. The number of H-pyrrole nitrogens is 1. The molecule has 1 aromatic carbocycles. The van der Waals surface area contributed by atoms with Crippen LogP contribution in [0, 0.1) is 5.92 Å². The minimum Gasteiger partial charge on any atom is -0.396 e. The lowest BCUT2D eigenvalue weighted by atomic mass is 10.0. The Morgan fingerprint density at radius 2 is 2.04 bits per heavy atom. The standard InChI is InChI=1S/C21H33N5O/c1-4-9-17(12-13-27)14-24-21(22-5-2)26(3)16-20-23-15-19(25-20)18-10-7-6-8-11-18/h6-8,10-11,15,17,27H,4-5,9,12-14,16H2,1-3H3,(H,22,24)(H,23,25). The van der Waals surface area contributed by atoms with Gasteiger partial charge in [-0.2, -0.15) is 0 Å². The maximum atomic E-state index is 9.25. The molecule has 27 heavy (non-hydrogen) atoms. The molecule has 0 saturated heterocycles. The summed E-state index contributed by atoms with van der Waals surface area (Å²) in [7, 11) is 2.02. The van der Waals surface area contributed by atoms with E-state index in [1.165, 1.54) is 0 Å². The van der Waals surface area contributed by atoms with Gasteiger partial charge in [-0.1, -0.05) is 43.7 Å². The maximum absolute atomic E-state index is 9.25. The number of benzene rings is 1. The number of aromatic amines is 1. The fraction of sp³-hybridized carbons (Fsp3) is 0.524. The van der Waals surface area contributed by atoms with Gasteiger partial charge in [0.05, 0.1) is 18.4 Å². The summed E-state index contributed by atoms with van der Waals surface area (Å²) in [6.07, 6.45) is 4.88. The largest absolute Gasteiger partial charge is 0.396 e. The van der Waals surface area contributed by atoms with Gasteiger partial charge in [-0.3, -0.25) is 4.99 Å². The van der Waals surface area contributed by atoms with Crippen molar-refractivity contribution in [1.29, 1.82) is 0 Å². The molecule has 1 atom stereocenters. The lowest BCUT2D eigenvalue weighted by molar-refractivity contribution is 0.253. The van der Waals surface area contributed by atoms with E-state index < -0.39 is 0 Å². The first-order valence-electron chi connectivity index (χ1n) is 9.87. The molecule has 0 saturated carbocycles. The molecule has 0 spiro atoms. The van der Waals surface area contributed by atoms with E-state index in [0.29, 0.717) is 12.5 Å². The summed E-state index contributed by atoms with van der Waals surface area (Å²) in [6.45, 7) is 6.66. The van der Waals surface area contributed by atoms with Crippen molar-refractivity contribution in [3.63, 3.8) is 0 Å². The van der Waals surface area contributed by atoms with Crippen LogP contribution in [0.2, 0.25) is 0 Å². The van der Waals surface area contributed by atoms with Crippen LogP contribution in [0.1, 0.15) is 38.9 Å². The molecule has 2 aromatic rings. The van der Waals surface area contributed by atoms with Crippen LogP contribution in [-0.2, 0) is 6.54 Å². The van der Waals surface area contributed by atoms with E-state index in [1.807, 2.05) is 31.4 Å². The number of hydrogen-bond donors (Lipinski definition) is 3. The molecule has 0 radical (unpaired) electrons. The van der Waals surface area contributed by atoms with E-state index in [2.05, 4.69) is 46.2 Å². The maximum Gasteiger partial charge on any atom is 0.194 e. The number of aliphatic hydroxyl groups excluding tert-OH is 1. The summed E-state index contributed by atoms with van der Waals surface area (Å²) in [5.74, 6) is 2.20. The van der Waals surface area contributed by atoms with E-state index >= 15 is 0 Å². The third-order valence-electron chi connectivity index (χ3n) is 4.53. The van der Waals surface area contributed by atoms with Gasteiger partial charge in [0.15, 0.2) is 5.96 Å². The normalized spacial score (nSPS) is 12.8. The van der Waals surface area contributed by atoms with Crippen LogP contribution in [0.25, 0.3) is 11.3 Å². The number of rotatable bonds is 10. The molecule has 0 amide bonds. The van der Waals surface area contributed by atoms with Gasteiger partial charge in [-0.15, -0.1) is 0 Å². The number of hydrogen-bond acceptors (Lipinski definition) is 3. The average Bonchev–Trinajstić information content (AvgIpc) is 3.14. The average molecular weight is 372 g/mol. The SMILES string of the molecule is CCCC(CCO)CN=C(NCC)N(C)Cc1ncc(-c2ccccc2)[nH]1. The predicted molar refractivity (Wildman–Crippen MR) is 112 cm³/mol. The van der Waals surface area contributed by atoms with E-state index in [9.17, 15) is 5.11 Å². The third kappa shape index (κ3) is 6.71. The molecule has 6 heteroatoms. The van der Waals surface area contributed by atoms with Crippen LogP contribution >= 0.6 is 0 Å². The van der Waals surface area contributed by atoms with E-state index in [4.69, 9.17) is 4.99 Å². The van der Waals surface area contributed by atoms with Gasteiger partial charge in [0, 0.05) is 26.7 Å². The molecule has 2 rings (SSSR count). The van der Waals surface area contributed by atoms with Crippen LogP contribution in [-0.4, -0.2) is 52.7 Å². The molecule has 0 aliphatic heterocycles. The molecule has 0 aliphatic carbocycles. The van der Waals surface area contributed by atoms with Crippen LogP contribution in [0.4, 0.5) is 0 Å². The number of nitrogens with zero attached hydrogens (tertiary/aromatic N) is 3. The summed E-state index contributed by atoms with van der Waals surface area (Å²) in [6, 6.07) is 10.2.